The van der Waals surface area contributed by atoms with Crippen LogP contribution in [0.25, 0.3) is 0 Å². The lowest BCUT2D eigenvalue weighted by Crippen LogP contribution is -2.42. The molecule has 1 heterocycles. The molecule has 88 valence electrons. The summed E-state index contributed by atoms with van der Waals surface area (Å²) in [6.07, 6.45) is 5.98. The van der Waals surface area contributed by atoms with Crippen molar-refractivity contribution in [2.24, 2.45) is 5.73 Å². The Bertz CT molecular complexity index is 342. The minimum absolute atomic E-state index is 0.0131. The molecule has 1 aliphatic rings. The normalized spacial score (nSPS) is 18.6. The largest absolute Gasteiger partial charge is 0.349 e. The first-order chi connectivity index (χ1) is 7.68. The van der Waals surface area contributed by atoms with Crippen LogP contribution in [-0.2, 0) is 11.3 Å². The van der Waals surface area contributed by atoms with Crippen molar-refractivity contribution in [3.8, 4) is 0 Å². The molecule has 1 saturated carbocycles. The van der Waals surface area contributed by atoms with Crippen LogP contribution in [0.5, 0.6) is 0 Å². The summed E-state index contributed by atoms with van der Waals surface area (Å²) in [6, 6.07) is 0. The maximum atomic E-state index is 11.6. The third kappa shape index (κ3) is 2.79. The standard InChI is InChI=1S/C10H17N5O/c11-10(3-1-2-4-10)5-9(16)12-6-8-13-7-14-15-8/h7H,1-6,11H2,(H,12,16)(H,13,14,15). The van der Waals surface area contributed by atoms with Crippen molar-refractivity contribution in [1.29, 1.82) is 0 Å². The van der Waals surface area contributed by atoms with Gasteiger partial charge in [-0.15, -0.1) is 0 Å². The number of amides is 1. The minimum Gasteiger partial charge on any atom is -0.349 e. The molecule has 1 aliphatic carbocycles. The van der Waals surface area contributed by atoms with Gasteiger partial charge in [0.05, 0.1) is 6.54 Å². The summed E-state index contributed by atoms with van der Waals surface area (Å²) >= 11 is 0. The van der Waals surface area contributed by atoms with Gasteiger partial charge in [0.15, 0.2) is 0 Å². The van der Waals surface area contributed by atoms with Crippen molar-refractivity contribution < 1.29 is 4.79 Å². The number of nitrogens with zero attached hydrogens (tertiary/aromatic N) is 2. The molecule has 1 aromatic heterocycles. The summed E-state index contributed by atoms with van der Waals surface area (Å²) in [5.74, 6) is 0.645. The Balaban J connectivity index is 1.76. The van der Waals surface area contributed by atoms with Crippen LogP contribution in [0.3, 0.4) is 0 Å². The van der Waals surface area contributed by atoms with E-state index in [0.717, 1.165) is 25.7 Å². The second kappa shape index (κ2) is 4.61. The highest BCUT2D eigenvalue weighted by atomic mass is 16.1. The summed E-state index contributed by atoms with van der Waals surface area (Å²) in [4.78, 5) is 15.6. The van der Waals surface area contributed by atoms with Crippen LogP contribution in [0.15, 0.2) is 6.33 Å². The van der Waals surface area contributed by atoms with Gasteiger partial charge in [0.1, 0.15) is 12.2 Å². The maximum absolute atomic E-state index is 11.6. The Kier molecular flexibility index (Phi) is 3.19. The molecule has 6 heteroatoms. The number of hydrogen-bond donors (Lipinski definition) is 3. The first-order valence-corrected chi connectivity index (χ1v) is 5.58. The monoisotopic (exact) mass is 223 g/mol. The number of carbonyl (C=O) groups is 1. The van der Waals surface area contributed by atoms with Crippen molar-refractivity contribution in [1.82, 2.24) is 20.5 Å². The lowest BCUT2D eigenvalue weighted by molar-refractivity contribution is -0.122. The van der Waals surface area contributed by atoms with Gasteiger partial charge in [-0.1, -0.05) is 12.8 Å². The second-order valence-corrected chi connectivity index (χ2v) is 4.46. The fraction of sp³-hybridized carbons (Fsp3) is 0.700. The molecule has 0 aromatic carbocycles. The topological polar surface area (TPSA) is 96.7 Å². The Morgan fingerprint density at radius 3 is 2.94 bits per heavy atom. The molecule has 2 rings (SSSR count). The van der Waals surface area contributed by atoms with Gasteiger partial charge in [0.25, 0.3) is 0 Å². The number of rotatable bonds is 4. The maximum Gasteiger partial charge on any atom is 0.222 e. The molecule has 0 bridgehead atoms. The van der Waals surface area contributed by atoms with E-state index in [4.69, 9.17) is 5.73 Å². The van der Waals surface area contributed by atoms with Gasteiger partial charge < -0.3 is 11.1 Å². The zero-order valence-corrected chi connectivity index (χ0v) is 9.20. The molecule has 0 atom stereocenters. The number of aromatic amines is 1. The second-order valence-electron chi connectivity index (χ2n) is 4.46. The molecule has 0 aliphatic heterocycles. The molecular formula is C10H17N5O. The third-order valence-corrected chi connectivity index (χ3v) is 3.03. The predicted molar refractivity (Wildman–Crippen MR) is 58.2 cm³/mol. The predicted octanol–water partition coefficient (Wildman–Crippen LogP) is 0.0825. The fourth-order valence-electron chi connectivity index (χ4n) is 2.14. The molecule has 0 saturated heterocycles. The highest BCUT2D eigenvalue weighted by Crippen LogP contribution is 2.29. The van der Waals surface area contributed by atoms with Gasteiger partial charge in [-0.2, -0.15) is 5.10 Å². The summed E-state index contributed by atoms with van der Waals surface area (Å²) in [5, 5.41) is 9.18. The Morgan fingerprint density at radius 2 is 2.31 bits per heavy atom. The summed E-state index contributed by atoms with van der Waals surface area (Å²) < 4.78 is 0. The number of carbonyl (C=O) groups excluding carboxylic acids is 1. The van der Waals surface area contributed by atoms with E-state index in [2.05, 4.69) is 20.5 Å². The summed E-state index contributed by atoms with van der Waals surface area (Å²) in [6.45, 7) is 0.384. The first kappa shape index (κ1) is 11.1. The molecule has 0 spiro atoms. The minimum atomic E-state index is -0.286. The molecule has 1 amide bonds. The quantitative estimate of drug-likeness (QED) is 0.673. The van der Waals surface area contributed by atoms with Crippen LogP contribution in [0, 0.1) is 0 Å². The molecule has 1 fully saturated rings. The van der Waals surface area contributed by atoms with E-state index >= 15 is 0 Å². The van der Waals surface area contributed by atoms with Crippen molar-refractivity contribution in [2.75, 3.05) is 0 Å². The van der Waals surface area contributed by atoms with Crippen molar-refractivity contribution in [3.05, 3.63) is 12.2 Å². The van der Waals surface area contributed by atoms with E-state index in [-0.39, 0.29) is 11.4 Å². The van der Waals surface area contributed by atoms with Crippen molar-refractivity contribution >= 4 is 5.91 Å². The number of nitrogens with one attached hydrogen (secondary N) is 2. The smallest absolute Gasteiger partial charge is 0.222 e. The Hall–Kier alpha value is -1.43. The van der Waals surface area contributed by atoms with E-state index in [1.807, 2.05) is 0 Å². The van der Waals surface area contributed by atoms with Crippen molar-refractivity contribution in [2.45, 2.75) is 44.2 Å². The molecule has 6 nitrogen and oxygen atoms in total. The van der Waals surface area contributed by atoms with Gasteiger partial charge in [0.2, 0.25) is 5.91 Å². The van der Waals surface area contributed by atoms with E-state index in [1.165, 1.54) is 6.33 Å². The van der Waals surface area contributed by atoms with Gasteiger partial charge in [0, 0.05) is 12.0 Å². The molecule has 0 radical (unpaired) electrons. The van der Waals surface area contributed by atoms with E-state index < -0.39 is 0 Å². The van der Waals surface area contributed by atoms with Crippen LogP contribution in [0.4, 0.5) is 0 Å². The zero-order valence-electron chi connectivity index (χ0n) is 9.20. The number of hydrogen-bond acceptors (Lipinski definition) is 4. The summed E-state index contributed by atoms with van der Waals surface area (Å²) in [7, 11) is 0. The first-order valence-electron chi connectivity index (χ1n) is 5.58. The van der Waals surface area contributed by atoms with Crippen LogP contribution in [0.1, 0.15) is 37.9 Å². The van der Waals surface area contributed by atoms with Crippen molar-refractivity contribution in [3.63, 3.8) is 0 Å². The average Bonchev–Trinajstić information content (AvgIpc) is 2.86. The zero-order chi connectivity index (χ0) is 11.4. The highest BCUT2D eigenvalue weighted by molar-refractivity contribution is 5.77. The van der Waals surface area contributed by atoms with E-state index in [0.29, 0.717) is 18.8 Å². The van der Waals surface area contributed by atoms with E-state index in [1.54, 1.807) is 0 Å². The molecule has 1 aromatic rings. The van der Waals surface area contributed by atoms with E-state index in [9.17, 15) is 4.79 Å². The van der Waals surface area contributed by atoms with Crippen LogP contribution >= 0.6 is 0 Å². The van der Waals surface area contributed by atoms with Gasteiger partial charge in [-0.05, 0) is 12.8 Å². The Labute approximate surface area is 94.0 Å². The molecule has 4 N–H and O–H groups in total. The summed E-state index contributed by atoms with van der Waals surface area (Å²) in [5.41, 5.74) is 5.83. The van der Waals surface area contributed by atoms with Crippen LogP contribution in [0.2, 0.25) is 0 Å². The molecule has 0 unspecified atom stereocenters. The van der Waals surface area contributed by atoms with Gasteiger partial charge >= 0.3 is 0 Å². The highest BCUT2D eigenvalue weighted by Gasteiger charge is 2.31. The molecular weight excluding hydrogens is 206 g/mol. The van der Waals surface area contributed by atoms with Crippen LogP contribution < -0.4 is 11.1 Å². The lowest BCUT2D eigenvalue weighted by Gasteiger charge is -2.22. The average molecular weight is 223 g/mol. The number of aromatic nitrogens is 3. The molecule has 16 heavy (non-hydrogen) atoms. The van der Waals surface area contributed by atoms with Crippen LogP contribution in [-0.4, -0.2) is 26.6 Å². The van der Waals surface area contributed by atoms with Gasteiger partial charge in [-0.25, -0.2) is 4.98 Å². The number of H-pyrrole nitrogens is 1. The van der Waals surface area contributed by atoms with Gasteiger partial charge in [-0.3, -0.25) is 9.89 Å². The SMILES string of the molecule is NC1(CC(=O)NCc2ncn[nH]2)CCCC1. The Morgan fingerprint density at radius 1 is 1.56 bits per heavy atom. The lowest BCUT2D eigenvalue weighted by atomic mass is 9.94. The fourth-order valence-corrected chi connectivity index (χ4v) is 2.14. The third-order valence-electron chi connectivity index (χ3n) is 3.03. The number of nitrogens with two attached hydrogens (primary N) is 1.